The van der Waals surface area contributed by atoms with Crippen molar-refractivity contribution in [3.05, 3.63) is 105 Å². The highest BCUT2D eigenvalue weighted by atomic mass is 32.1. The van der Waals surface area contributed by atoms with Gasteiger partial charge in [0.1, 0.15) is 18.2 Å². The summed E-state index contributed by atoms with van der Waals surface area (Å²) >= 11 is 1.23. The third-order valence-corrected chi connectivity index (χ3v) is 5.61. The van der Waals surface area contributed by atoms with Gasteiger partial charge in [-0.25, -0.2) is 9.82 Å². The Morgan fingerprint density at radius 1 is 1.12 bits per heavy atom. The number of amides is 1. The maximum atomic E-state index is 13.0. The molecule has 1 aromatic heterocycles. The second kappa shape index (κ2) is 9.36. The second-order valence-corrected chi connectivity index (χ2v) is 7.86. The smallest absolute Gasteiger partial charge is 0.281 e. The van der Waals surface area contributed by atoms with Crippen molar-refractivity contribution in [2.45, 2.75) is 6.61 Å². The number of hydrogen-bond acceptors (Lipinski definition) is 6. The van der Waals surface area contributed by atoms with Gasteiger partial charge in [-0.1, -0.05) is 24.3 Å². The van der Waals surface area contributed by atoms with Crippen molar-refractivity contribution in [3.63, 3.8) is 0 Å². The van der Waals surface area contributed by atoms with Crippen molar-refractivity contribution >= 4 is 39.2 Å². The SMILES string of the molecule is O=C(N/N=C\c1cccc(OCc2ccc(F)cc2)c1)c1cc2cc([N+](=O)[O-])ccc2s1. The zero-order valence-corrected chi connectivity index (χ0v) is 17.3. The van der Waals surface area contributed by atoms with Crippen LogP contribution in [0, 0.1) is 15.9 Å². The van der Waals surface area contributed by atoms with Gasteiger partial charge in [0.25, 0.3) is 11.6 Å². The number of fused-ring (bicyclic) bond motifs is 1. The molecule has 1 heterocycles. The predicted molar refractivity (Wildman–Crippen MR) is 121 cm³/mol. The zero-order chi connectivity index (χ0) is 22.5. The van der Waals surface area contributed by atoms with Gasteiger partial charge in [0, 0.05) is 22.2 Å². The number of halogens is 1. The number of nitrogens with zero attached hydrogens (tertiary/aromatic N) is 2. The van der Waals surface area contributed by atoms with Crippen LogP contribution < -0.4 is 10.2 Å². The topological polar surface area (TPSA) is 93.8 Å². The van der Waals surface area contributed by atoms with Crippen molar-refractivity contribution in [2.75, 3.05) is 0 Å². The van der Waals surface area contributed by atoms with Gasteiger partial charge in [0.05, 0.1) is 16.0 Å². The highest BCUT2D eigenvalue weighted by Crippen LogP contribution is 2.28. The van der Waals surface area contributed by atoms with E-state index in [0.29, 0.717) is 28.2 Å². The summed E-state index contributed by atoms with van der Waals surface area (Å²) in [7, 11) is 0. The molecule has 0 atom stereocenters. The van der Waals surface area contributed by atoms with Crippen molar-refractivity contribution in [3.8, 4) is 5.75 Å². The molecule has 1 N–H and O–H groups in total. The number of non-ortho nitro benzene ring substituents is 1. The third kappa shape index (κ3) is 5.13. The van der Waals surface area contributed by atoms with E-state index in [0.717, 1.165) is 10.3 Å². The number of carbonyl (C=O) groups excluding carboxylic acids is 1. The number of hydrogen-bond donors (Lipinski definition) is 1. The average Bonchev–Trinajstić information content (AvgIpc) is 3.22. The summed E-state index contributed by atoms with van der Waals surface area (Å²) in [5, 5.41) is 15.5. The summed E-state index contributed by atoms with van der Waals surface area (Å²) in [4.78, 5) is 23.2. The highest BCUT2D eigenvalue weighted by Gasteiger charge is 2.13. The zero-order valence-electron chi connectivity index (χ0n) is 16.5. The first-order valence-electron chi connectivity index (χ1n) is 9.47. The van der Waals surface area contributed by atoms with Gasteiger partial charge in [-0.2, -0.15) is 5.10 Å². The first-order chi connectivity index (χ1) is 15.5. The number of carbonyl (C=O) groups is 1. The number of ether oxygens (including phenoxy) is 1. The summed E-state index contributed by atoms with van der Waals surface area (Å²) in [6.45, 7) is 0.293. The minimum atomic E-state index is -0.474. The fourth-order valence-electron chi connectivity index (χ4n) is 2.91. The van der Waals surface area contributed by atoms with Gasteiger partial charge in [0.2, 0.25) is 0 Å². The number of thiophene rings is 1. The Labute approximate surface area is 185 Å². The fraction of sp³-hybridized carbons (Fsp3) is 0.0435. The standard InChI is InChI=1S/C23H16FN3O4S/c24-18-6-4-15(5-7-18)14-31-20-3-1-2-16(10-20)13-25-26-23(28)22-12-17-11-19(27(29)30)8-9-21(17)32-22/h1-13H,14H2,(H,26,28)/b25-13-. The van der Waals surface area contributed by atoms with Crippen LogP contribution in [0.5, 0.6) is 5.75 Å². The van der Waals surface area contributed by atoms with E-state index in [-0.39, 0.29) is 11.5 Å². The van der Waals surface area contributed by atoms with Gasteiger partial charge in [-0.3, -0.25) is 14.9 Å². The van der Waals surface area contributed by atoms with Gasteiger partial charge >= 0.3 is 0 Å². The van der Waals surface area contributed by atoms with Gasteiger partial charge < -0.3 is 4.74 Å². The minimum absolute atomic E-state index is 0.0261. The summed E-state index contributed by atoms with van der Waals surface area (Å²) in [5.74, 6) is -0.101. The Morgan fingerprint density at radius 2 is 1.94 bits per heavy atom. The molecule has 1 amide bonds. The first-order valence-corrected chi connectivity index (χ1v) is 10.3. The van der Waals surface area contributed by atoms with E-state index in [4.69, 9.17) is 4.74 Å². The van der Waals surface area contributed by atoms with Crippen LogP contribution in [0.3, 0.4) is 0 Å². The Balaban J connectivity index is 1.37. The fourth-order valence-corrected chi connectivity index (χ4v) is 3.84. The lowest BCUT2D eigenvalue weighted by Gasteiger charge is -2.07. The van der Waals surface area contributed by atoms with Gasteiger partial charge in [0.15, 0.2) is 0 Å². The summed E-state index contributed by atoms with van der Waals surface area (Å²) in [6.07, 6.45) is 1.49. The van der Waals surface area contributed by atoms with Crippen LogP contribution in [0.15, 0.2) is 77.9 Å². The van der Waals surface area contributed by atoms with Crippen molar-refractivity contribution in [1.29, 1.82) is 0 Å². The van der Waals surface area contributed by atoms with E-state index in [1.807, 2.05) is 0 Å². The first kappa shape index (κ1) is 21.1. The van der Waals surface area contributed by atoms with Crippen LogP contribution in [0.25, 0.3) is 10.1 Å². The summed E-state index contributed by atoms with van der Waals surface area (Å²) < 4.78 is 19.5. The second-order valence-electron chi connectivity index (χ2n) is 6.78. The van der Waals surface area contributed by atoms with Crippen molar-refractivity contribution in [1.82, 2.24) is 5.43 Å². The minimum Gasteiger partial charge on any atom is -0.489 e. The summed E-state index contributed by atoms with van der Waals surface area (Å²) in [5.41, 5.74) is 3.99. The molecule has 0 aliphatic carbocycles. The number of benzene rings is 3. The number of nitro benzene ring substituents is 1. The number of hydrazone groups is 1. The molecule has 0 bridgehead atoms. The monoisotopic (exact) mass is 449 g/mol. The Hall–Kier alpha value is -4.11. The molecule has 3 aromatic carbocycles. The number of nitrogens with one attached hydrogen (secondary N) is 1. The predicted octanol–water partition coefficient (Wildman–Crippen LogP) is 5.29. The van der Waals surface area contributed by atoms with Gasteiger partial charge in [-0.15, -0.1) is 11.3 Å². The van der Waals surface area contributed by atoms with E-state index >= 15 is 0 Å². The van der Waals surface area contributed by atoms with Crippen LogP contribution in [0.4, 0.5) is 10.1 Å². The normalized spacial score (nSPS) is 11.0. The van der Waals surface area contributed by atoms with Crippen LogP contribution in [-0.4, -0.2) is 17.0 Å². The molecule has 0 saturated heterocycles. The lowest BCUT2D eigenvalue weighted by atomic mass is 10.2. The average molecular weight is 449 g/mol. The molecule has 9 heteroatoms. The molecule has 7 nitrogen and oxygen atoms in total. The molecule has 0 unspecified atom stereocenters. The quantitative estimate of drug-likeness (QED) is 0.236. The van der Waals surface area contributed by atoms with E-state index in [1.165, 1.54) is 41.8 Å². The van der Waals surface area contributed by atoms with E-state index in [2.05, 4.69) is 10.5 Å². The molecular formula is C23H16FN3O4S. The van der Waals surface area contributed by atoms with E-state index in [1.54, 1.807) is 48.5 Å². The molecule has 32 heavy (non-hydrogen) atoms. The maximum absolute atomic E-state index is 13.0. The van der Waals surface area contributed by atoms with E-state index in [9.17, 15) is 19.3 Å². The van der Waals surface area contributed by atoms with Crippen LogP contribution in [-0.2, 0) is 6.61 Å². The van der Waals surface area contributed by atoms with Gasteiger partial charge in [-0.05, 0) is 47.5 Å². The molecule has 0 aliphatic rings. The highest BCUT2D eigenvalue weighted by molar-refractivity contribution is 7.20. The third-order valence-electron chi connectivity index (χ3n) is 4.49. The van der Waals surface area contributed by atoms with Crippen LogP contribution in [0.2, 0.25) is 0 Å². The van der Waals surface area contributed by atoms with Crippen LogP contribution >= 0.6 is 11.3 Å². The molecule has 0 saturated carbocycles. The number of nitro groups is 1. The number of rotatable bonds is 7. The molecule has 0 fully saturated rings. The molecule has 0 radical (unpaired) electrons. The Bertz CT molecular complexity index is 1320. The lowest BCUT2D eigenvalue weighted by Crippen LogP contribution is -2.16. The molecule has 0 spiro atoms. The Morgan fingerprint density at radius 3 is 2.72 bits per heavy atom. The molecular weight excluding hydrogens is 433 g/mol. The summed E-state index contributed by atoms with van der Waals surface area (Å²) in [6, 6.07) is 19.3. The maximum Gasteiger partial charge on any atom is 0.281 e. The molecule has 4 rings (SSSR count). The van der Waals surface area contributed by atoms with E-state index < -0.39 is 10.8 Å². The largest absolute Gasteiger partial charge is 0.489 e. The lowest BCUT2D eigenvalue weighted by molar-refractivity contribution is -0.384. The molecule has 4 aromatic rings. The van der Waals surface area contributed by atoms with Crippen LogP contribution in [0.1, 0.15) is 20.8 Å². The Kier molecular flexibility index (Phi) is 6.18. The van der Waals surface area contributed by atoms with Crippen molar-refractivity contribution in [2.24, 2.45) is 5.10 Å². The molecule has 0 aliphatic heterocycles. The van der Waals surface area contributed by atoms with Crippen molar-refractivity contribution < 1.29 is 18.8 Å². The molecule has 160 valence electrons.